The molecule has 1 aliphatic rings. The lowest BCUT2D eigenvalue weighted by Gasteiger charge is -2.35. The Labute approximate surface area is 82.3 Å². The molecule has 13 heavy (non-hydrogen) atoms. The van der Waals surface area contributed by atoms with E-state index in [2.05, 4.69) is 20.8 Å². The van der Waals surface area contributed by atoms with Crippen LogP contribution < -0.4 is 0 Å². The molecule has 1 fully saturated rings. The Morgan fingerprint density at radius 2 is 1.77 bits per heavy atom. The third-order valence-electron chi connectivity index (χ3n) is 2.22. The predicted octanol–water partition coefficient (Wildman–Crippen LogP) is 2.60. The predicted molar refractivity (Wildman–Crippen MR) is 55.8 cm³/mol. The summed E-state index contributed by atoms with van der Waals surface area (Å²) in [6.45, 7) is 11.2. The van der Waals surface area contributed by atoms with E-state index in [1.807, 2.05) is 13.8 Å². The fourth-order valence-electron chi connectivity index (χ4n) is 1.38. The van der Waals surface area contributed by atoms with Gasteiger partial charge >= 0.3 is 0 Å². The van der Waals surface area contributed by atoms with Gasteiger partial charge in [0, 0.05) is 13.0 Å². The van der Waals surface area contributed by atoms with Crippen molar-refractivity contribution in [2.24, 2.45) is 5.41 Å². The van der Waals surface area contributed by atoms with Gasteiger partial charge in [-0.2, -0.15) is 0 Å². The molecule has 80 valence electrons. The average molecular weight is 188 g/mol. The van der Waals surface area contributed by atoms with Gasteiger partial charge in [-0.05, 0) is 11.8 Å². The van der Waals surface area contributed by atoms with Gasteiger partial charge in [-0.25, -0.2) is 0 Å². The van der Waals surface area contributed by atoms with Crippen molar-refractivity contribution in [1.29, 1.82) is 0 Å². The Morgan fingerprint density at radius 1 is 1.23 bits per heavy atom. The van der Waals surface area contributed by atoms with Crippen molar-refractivity contribution >= 4 is 0 Å². The summed E-state index contributed by atoms with van der Waals surface area (Å²) >= 11 is 0. The van der Waals surface area contributed by atoms with Crippen molar-refractivity contribution in [3.8, 4) is 0 Å². The van der Waals surface area contributed by atoms with Crippen molar-refractivity contribution in [3.63, 3.8) is 0 Å². The highest BCUT2D eigenvalue weighted by molar-refractivity contribution is 4.80. The van der Waals surface area contributed by atoms with Crippen LogP contribution in [0.2, 0.25) is 0 Å². The largest absolute Gasteiger partial charge is 0.393 e. The Balaban J connectivity index is 0.000000671. The van der Waals surface area contributed by atoms with Gasteiger partial charge in [0.25, 0.3) is 0 Å². The molecule has 0 aromatic heterocycles. The first kappa shape index (κ1) is 12.9. The summed E-state index contributed by atoms with van der Waals surface area (Å²) in [5.74, 6) is 0. The molecule has 1 N–H and O–H groups in total. The molecule has 0 spiro atoms. The zero-order valence-corrected chi connectivity index (χ0v) is 9.63. The van der Waals surface area contributed by atoms with Crippen molar-refractivity contribution in [2.75, 3.05) is 6.61 Å². The second-order valence-electron chi connectivity index (χ2n) is 4.40. The van der Waals surface area contributed by atoms with Crippen LogP contribution in [0.3, 0.4) is 0 Å². The summed E-state index contributed by atoms with van der Waals surface area (Å²) in [4.78, 5) is 0. The Hall–Kier alpha value is -0.0800. The first-order valence-corrected chi connectivity index (χ1v) is 5.30. The minimum Gasteiger partial charge on any atom is -0.393 e. The lowest BCUT2D eigenvalue weighted by Crippen LogP contribution is -2.37. The molecular formula is C11H24O2. The normalized spacial score (nSPS) is 29.1. The van der Waals surface area contributed by atoms with E-state index >= 15 is 0 Å². The number of hydrogen-bond donors (Lipinski definition) is 1. The van der Waals surface area contributed by atoms with Crippen LogP contribution >= 0.6 is 0 Å². The van der Waals surface area contributed by atoms with Gasteiger partial charge < -0.3 is 9.84 Å². The summed E-state index contributed by atoms with van der Waals surface area (Å²) in [6, 6.07) is 0. The van der Waals surface area contributed by atoms with Crippen LogP contribution in [0, 0.1) is 5.41 Å². The lowest BCUT2D eigenvalue weighted by atomic mass is 9.84. The van der Waals surface area contributed by atoms with E-state index in [-0.39, 0.29) is 17.6 Å². The van der Waals surface area contributed by atoms with Crippen LogP contribution in [0.25, 0.3) is 0 Å². The Kier molecular flexibility index (Phi) is 5.57. The molecule has 0 aromatic rings. The van der Waals surface area contributed by atoms with Crippen LogP contribution in [0.15, 0.2) is 0 Å². The molecular weight excluding hydrogens is 164 g/mol. The maximum atomic E-state index is 9.36. The summed E-state index contributed by atoms with van der Waals surface area (Å²) in [5, 5.41) is 9.36. The summed E-state index contributed by atoms with van der Waals surface area (Å²) in [5.41, 5.74) is 0.168. The van der Waals surface area contributed by atoms with Crippen molar-refractivity contribution in [2.45, 2.75) is 59.7 Å². The van der Waals surface area contributed by atoms with E-state index < -0.39 is 0 Å². The molecule has 0 bridgehead atoms. The lowest BCUT2D eigenvalue weighted by molar-refractivity contribution is -0.0892. The van der Waals surface area contributed by atoms with Gasteiger partial charge in [0.2, 0.25) is 0 Å². The molecule has 2 nitrogen and oxygen atoms in total. The minimum absolute atomic E-state index is 0.145. The van der Waals surface area contributed by atoms with Crippen molar-refractivity contribution < 1.29 is 9.84 Å². The fourth-order valence-corrected chi connectivity index (χ4v) is 1.38. The van der Waals surface area contributed by atoms with Crippen LogP contribution in [0.4, 0.5) is 0 Å². The molecule has 0 amide bonds. The molecule has 1 heterocycles. The zero-order chi connectivity index (χ0) is 10.5. The van der Waals surface area contributed by atoms with Gasteiger partial charge in [0.05, 0.1) is 12.2 Å². The topological polar surface area (TPSA) is 29.5 Å². The smallest absolute Gasteiger partial charge is 0.0648 e. The van der Waals surface area contributed by atoms with E-state index in [4.69, 9.17) is 4.74 Å². The van der Waals surface area contributed by atoms with Crippen LogP contribution in [-0.2, 0) is 4.74 Å². The monoisotopic (exact) mass is 188 g/mol. The van der Waals surface area contributed by atoms with Gasteiger partial charge in [-0.15, -0.1) is 0 Å². The third kappa shape index (κ3) is 4.63. The summed E-state index contributed by atoms with van der Waals surface area (Å²) in [7, 11) is 0. The van der Waals surface area contributed by atoms with E-state index in [1.165, 1.54) is 0 Å². The molecule has 0 aliphatic carbocycles. The first-order valence-electron chi connectivity index (χ1n) is 5.30. The highest BCUT2D eigenvalue weighted by Gasteiger charge is 2.30. The minimum atomic E-state index is -0.145. The zero-order valence-electron chi connectivity index (χ0n) is 9.63. The molecule has 2 heteroatoms. The number of aliphatic hydroxyl groups is 1. The van der Waals surface area contributed by atoms with Crippen LogP contribution in [0.1, 0.15) is 47.5 Å². The van der Waals surface area contributed by atoms with Crippen molar-refractivity contribution in [1.82, 2.24) is 0 Å². The standard InChI is InChI=1S/C9H18O2.C2H6/c1-9(2,3)8-6-7(10)4-5-11-8;1-2/h7-8,10H,4-6H2,1-3H3;1-2H3. The highest BCUT2D eigenvalue weighted by atomic mass is 16.5. The van der Waals surface area contributed by atoms with E-state index in [1.54, 1.807) is 0 Å². The molecule has 0 saturated carbocycles. The molecule has 1 rings (SSSR count). The molecule has 1 aliphatic heterocycles. The van der Waals surface area contributed by atoms with E-state index in [0.29, 0.717) is 6.61 Å². The van der Waals surface area contributed by atoms with Crippen molar-refractivity contribution in [3.05, 3.63) is 0 Å². The SMILES string of the molecule is CC.CC(C)(C)C1CC(O)CCO1. The van der Waals surface area contributed by atoms with Gasteiger partial charge in [0.15, 0.2) is 0 Å². The van der Waals surface area contributed by atoms with Gasteiger partial charge in [-0.3, -0.25) is 0 Å². The number of rotatable bonds is 0. The fraction of sp³-hybridized carbons (Fsp3) is 1.00. The second kappa shape index (κ2) is 5.61. The number of aliphatic hydroxyl groups excluding tert-OH is 1. The molecule has 0 radical (unpaired) electrons. The van der Waals surface area contributed by atoms with Crippen LogP contribution in [0.5, 0.6) is 0 Å². The summed E-state index contributed by atoms with van der Waals surface area (Å²) in [6.07, 6.45) is 1.68. The third-order valence-corrected chi connectivity index (χ3v) is 2.22. The van der Waals surface area contributed by atoms with E-state index in [9.17, 15) is 5.11 Å². The first-order chi connectivity index (χ1) is 6.00. The molecule has 0 aromatic carbocycles. The number of ether oxygens (including phenoxy) is 1. The summed E-state index contributed by atoms with van der Waals surface area (Å²) < 4.78 is 5.55. The van der Waals surface area contributed by atoms with E-state index in [0.717, 1.165) is 12.8 Å². The maximum absolute atomic E-state index is 9.36. The molecule has 2 atom stereocenters. The van der Waals surface area contributed by atoms with Gasteiger partial charge in [-0.1, -0.05) is 34.6 Å². The van der Waals surface area contributed by atoms with Crippen LogP contribution in [-0.4, -0.2) is 23.9 Å². The van der Waals surface area contributed by atoms with Gasteiger partial charge in [0.1, 0.15) is 0 Å². The maximum Gasteiger partial charge on any atom is 0.0648 e. The quantitative estimate of drug-likeness (QED) is 0.633. The Morgan fingerprint density at radius 3 is 2.08 bits per heavy atom. The second-order valence-corrected chi connectivity index (χ2v) is 4.40. The molecule has 1 saturated heterocycles. The number of hydrogen-bond acceptors (Lipinski definition) is 2. The average Bonchev–Trinajstić information content (AvgIpc) is 2.06. The Bertz CT molecular complexity index is 127. The molecule has 2 unspecified atom stereocenters. The highest BCUT2D eigenvalue weighted by Crippen LogP contribution is 2.29.